The van der Waals surface area contributed by atoms with Crippen molar-refractivity contribution < 1.29 is 26.7 Å². The quantitative estimate of drug-likeness (QED) is 0.462. The summed E-state index contributed by atoms with van der Waals surface area (Å²) >= 11 is 5.11. The molecule has 0 radical (unpaired) electrons. The molecule has 0 fully saturated rings. The number of halogens is 6. The van der Waals surface area contributed by atoms with Crippen molar-refractivity contribution >= 4 is 17.9 Å². The van der Waals surface area contributed by atoms with Crippen molar-refractivity contribution in [3.63, 3.8) is 0 Å². The lowest BCUT2D eigenvalue weighted by atomic mass is 10.1. The number of carbonyl (C=O) groups is 1. The van der Waals surface area contributed by atoms with Crippen molar-refractivity contribution in [2.45, 2.75) is 12.6 Å². The molecule has 88 valence electrons. The molecule has 0 N–H and O–H groups in total. The van der Waals surface area contributed by atoms with Crippen molar-refractivity contribution in [1.82, 2.24) is 4.98 Å². The zero-order valence-electron chi connectivity index (χ0n) is 7.36. The van der Waals surface area contributed by atoms with Crippen LogP contribution in [0.3, 0.4) is 0 Å². The van der Waals surface area contributed by atoms with Crippen LogP contribution in [0.1, 0.15) is 27.9 Å². The number of aromatic nitrogens is 1. The summed E-state index contributed by atoms with van der Waals surface area (Å²) in [5, 5.41) is -1.10. The topological polar surface area (TPSA) is 30.0 Å². The maximum atomic E-state index is 12.4. The molecule has 0 aromatic carbocycles. The van der Waals surface area contributed by atoms with Gasteiger partial charge in [0.05, 0.1) is 0 Å². The van der Waals surface area contributed by atoms with Crippen LogP contribution in [0.25, 0.3) is 0 Å². The maximum Gasteiger partial charge on any atom is 0.419 e. The van der Waals surface area contributed by atoms with E-state index in [1.54, 1.807) is 0 Å². The van der Waals surface area contributed by atoms with Crippen molar-refractivity contribution in [2.24, 2.45) is 0 Å². The highest BCUT2D eigenvalue weighted by Gasteiger charge is 2.40. The van der Waals surface area contributed by atoms with E-state index in [2.05, 4.69) is 4.98 Å². The maximum absolute atomic E-state index is 12.4. The first-order valence-corrected chi connectivity index (χ1v) is 4.15. The van der Waals surface area contributed by atoms with E-state index < -0.39 is 34.4 Å². The lowest BCUT2D eigenvalue weighted by Crippen LogP contribution is -2.14. The Kier molecular flexibility index (Phi) is 3.47. The molecule has 0 spiro atoms. The smallest absolute Gasteiger partial charge is 0.298 e. The Hall–Kier alpha value is -1.24. The van der Waals surface area contributed by atoms with Crippen LogP contribution in [0.4, 0.5) is 22.0 Å². The fraction of sp³-hybridized carbons (Fsp3) is 0.250. The first-order chi connectivity index (χ1) is 7.29. The summed E-state index contributed by atoms with van der Waals surface area (Å²) in [6, 6.07) is 0. The number of nitrogens with zero attached hydrogens (tertiary/aromatic N) is 1. The highest BCUT2D eigenvalue weighted by molar-refractivity contribution is 6.30. The Morgan fingerprint density at radius 1 is 1.38 bits per heavy atom. The van der Waals surface area contributed by atoms with Crippen molar-refractivity contribution in [2.75, 3.05) is 0 Å². The Morgan fingerprint density at radius 3 is 2.31 bits per heavy atom. The van der Waals surface area contributed by atoms with E-state index >= 15 is 0 Å². The molecule has 0 atom stereocenters. The van der Waals surface area contributed by atoms with Gasteiger partial charge in [0.1, 0.15) is 10.7 Å². The predicted molar refractivity (Wildman–Crippen MR) is 44.6 cm³/mol. The van der Waals surface area contributed by atoms with Gasteiger partial charge in [-0.1, -0.05) is 11.6 Å². The van der Waals surface area contributed by atoms with Gasteiger partial charge in [0.15, 0.2) is 6.29 Å². The largest absolute Gasteiger partial charge is 0.419 e. The summed E-state index contributed by atoms with van der Waals surface area (Å²) in [5.41, 5.74) is -4.04. The minimum absolute atomic E-state index is 0.125. The zero-order valence-corrected chi connectivity index (χ0v) is 8.11. The summed E-state index contributed by atoms with van der Waals surface area (Å²) in [6.45, 7) is 0. The zero-order chi connectivity index (χ0) is 12.5. The highest BCUT2D eigenvalue weighted by Crippen LogP contribution is 2.40. The van der Waals surface area contributed by atoms with E-state index in [0.717, 1.165) is 0 Å². The molecule has 2 nitrogen and oxygen atoms in total. The molecule has 0 bridgehead atoms. The molecule has 0 aliphatic heterocycles. The SMILES string of the molecule is O=Cc1cnc(Cl)c(C(F)(F)F)c1C(F)F. The molecule has 0 saturated carbocycles. The molecule has 1 aromatic rings. The molecule has 1 aromatic heterocycles. The van der Waals surface area contributed by atoms with Crippen LogP contribution >= 0.6 is 11.6 Å². The Labute approximate surface area is 91.0 Å². The van der Waals surface area contributed by atoms with Gasteiger partial charge in [-0.25, -0.2) is 13.8 Å². The molecule has 0 amide bonds. The summed E-state index contributed by atoms with van der Waals surface area (Å²) < 4.78 is 62.1. The third-order valence-corrected chi connectivity index (χ3v) is 2.02. The molecule has 1 rings (SSSR count). The monoisotopic (exact) mass is 259 g/mol. The summed E-state index contributed by atoms with van der Waals surface area (Å²) in [5.74, 6) is 0. The second-order valence-electron chi connectivity index (χ2n) is 2.71. The standard InChI is InChI=1S/C8H3ClF5NO/c9-6-5(8(12,13)14)4(7(10)11)3(2-16)1-15-6/h1-2,7H. The fourth-order valence-corrected chi connectivity index (χ4v) is 1.37. The first-order valence-electron chi connectivity index (χ1n) is 3.78. The van der Waals surface area contributed by atoms with Crippen LogP contribution in [-0.4, -0.2) is 11.3 Å². The fourth-order valence-electron chi connectivity index (χ4n) is 1.11. The summed E-state index contributed by atoms with van der Waals surface area (Å²) in [4.78, 5) is 13.4. The van der Waals surface area contributed by atoms with E-state index in [0.29, 0.717) is 6.20 Å². The van der Waals surface area contributed by atoms with Crippen LogP contribution in [0.2, 0.25) is 5.15 Å². The number of rotatable bonds is 2. The van der Waals surface area contributed by atoms with Gasteiger partial charge in [-0.2, -0.15) is 13.2 Å². The average Bonchev–Trinajstić information content (AvgIpc) is 2.15. The van der Waals surface area contributed by atoms with Crippen molar-refractivity contribution in [1.29, 1.82) is 0 Å². The van der Waals surface area contributed by atoms with Gasteiger partial charge in [-0.05, 0) is 0 Å². The van der Waals surface area contributed by atoms with Gasteiger partial charge in [0, 0.05) is 17.3 Å². The molecule has 16 heavy (non-hydrogen) atoms. The Morgan fingerprint density at radius 2 is 1.94 bits per heavy atom. The average molecular weight is 260 g/mol. The van der Waals surface area contributed by atoms with Gasteiger partial charge in [0.25, 0.3) is 6.43 Å². The van der Waals surface area contributed by atoms with Crippen LogP contribution in [-0.2, 0) is 6.18 Å². The third kappa shape index (κ3) is 2.29. The van der Waals surface area contributed by atoms with Crippen molar-refractivity contribution in [3.8, 4) is 0 Å². The minimum atomic E-state index is -5.09. The van der Waals surface area contributed by atoms with Crippen LogP contribution < -0.4 is 0 Å². The molecule has 0 saturated heterocycles. The summed E-state index contributed by atoms with van der Waals surface area (Å²) in [6.07, 6.45) is -8.10. The highest BCUT2D eigenvalue weighted by atomic mass is 35.5. The lowest BCUT2D eigenvalue weighted by molar-refractivity contribution is -0.139. The van der Waals surface area contributed by atoms with Gasteiger partial charge in [-0.15, -0.1) is 0 Å². The Bertz CT molecular complexity index is 418. The number of alkyl halides is 5. The minimum Gasteiger partial charge on any atom is -0.298 e. The summed E-state index contributed by atoms with van der Waals surface area (Å²) in [7, 11) is 0. The van der Waals surface area contributed by atoms with Gasteiger partial charge in [-0.3, -0.25) is 4.79 Å². The first kappa shape index (κ1) is 12.8. The molecule has 0 aliphatic rings. The molecule has 0 aliphatic carbocycles. The second kappa shape index (κ2) is 4.32. The predicted octanol–water partition coefficient (Wildman–Crippen LogP) is 3.50. The number of carbonyl (C=O) groups excluding carboxylic acids is 1. The van der Waals surface area contributed by atoms with Gasteiger partial charge in [0.2, 0.25) is 0 Å². The Balaban J connectivity index is 3.61. The van der Waals surface area contributed by atoms with E-state index in [9.17, 15) is 26.7 Å². The number of hydrogen-bond donors (Lipinski definition) is 0. The van der Waals surface area contributed by atoms with Crippen molar-refractivity contribution in [3.05, 3.63) is 28.0 Å². The number of hydrogen-bond acceptors (Lipinski definition) is 2. The second-order valence-corrected chi connectivity index (χ2v) is 3.07. The van der Waals surface area contributed by atoms with Gasteiger partial charge < -0.3 is 0 Å². The van der Waals surface area contributed by atoms with Gasteiger partial charge >= 0.3 is 6.18 Å². The van der Waals surface area contributed by atoms with Crippen LogP contribution in [0, 0.1) is 0 Å². The van der Waals surface area contributed by atoms with E-state index in [-0.39, 0.29) is 6.29 Å². The molecular formula is C8H3ClF5NO. The number of aldehydes is 1. The molecule has 0 unspecified atom stereocenters. The number of pyridine rings is 1. The lowest BCUT2D eigenvalue weighted by Gasteiger charge is -2.14. The van der Waals surface area contributed by atoms with E-state index in [1.165, 1.54) is 0 Å². The molecular weight excluding hydrogens is 257 g/mol. The third-order valence-electron chi connectivity index (χ3n) is 1.73. The van der Waals surface area contributed by atoms with Crippen LogP contribution in [0.5, 0.6) is 0 Å². The van der Waals surface area contributed by atoms with E-state index in [4.69, 9.17) is 11.6 Å². The van der Waals surface area contributed by atoms with Crippen LogP contribution in [0.15, 0.2) is 6.20 Å². The molecule has 1 heterocycles. The van der Waals surface area contributed by atoms with E-state index in [1.807, 2.05) is 0 Å². The normalized spacial score (nSPS) is 11.9. The molecule has 8 heteroatoms.